The molecule has 2 fully saturated rings. The van der Waals surface area contributed by atoms with Crippen LogP contribution in [0.25, 0.3) is 0 Å². The number of hydrogen-bond acceptors (Lipinski definition) is 7. The van der Waals surface area contributed by atoms with Crippen molar-refractivity contribution >= 4 is 17.9 Å². The molecule has 10 heteroatoms. The summed E-state index contributed by atoms with van der Waals surface area (Å²) in [6.07, 6.45) is 2.51. The van der Waals surface area contributed by atoms with Crippen LogP contribution in [-0.4, -0.2) is 77.7 Å². The number of rotatable bonds is 8. The molecule has 1 N–H and O–H groups in total. The van der Waals surface area contributed by atoms with E-state index in [0.29, 0.717) is 37.8 Å². The third kappa shape index (κ3) is 4.95. The van der Waals surface area contributed by atoms with Crippen molar-refractivity contribution in [1.29, 1.82) is 0 Å². The van der Waals surface area contributed by atoms with Gasteiger partial charge in [0.1, 0.15) is 6.54 Å². The van der Waals surface area contributed by atoms with Crippen LogP contribution in [0.5, 0.6) is 0 Å². The molecule has 0 atom stereocenters. The zero-order chi connectivity index (χ0) is 19.4. The van der Waals surface area contributed by atoms with Crippen molar-refractivity contribution in [2.75, 3.05) is 39.8 Å². The molecule has 1 aliphatic heterocycles. The zero-order valence-electron chi connectivity index (χ0n) is 15.6. The fourth-order valence-corrected chi connectivity index (χ4v) is 2.83. The smallest absolute Gasteiger partial charge is 0.325 e. The highest BCUT2D eigenvalue weighted by atomic mass is 16.5. The second-order valence-electron chi connectivity index (χ2n) is 6.90. The topological polar surface area (TPSA) is 118 Å². The lowest BCUT2D eigenvalue weighted by atomic mass is 10.0. The molecule has 1 aromatic heterocycles. The Hall–Kier alpha value is -2.65. The number of amides is 3. The van der Waals surface area contributed by atoms with E-state index in [1.165, 1.54) is 0 Å². The van der Waals surface area contributed by atoms with Gasteiger partial charge in [-0.15, -0.1) is 0 Å². The van der Waals surface area contributed by atoms with Gasteiger partial charge in [0, 0.05) is 39.0 Å². The first-order chi connectivity index (χ1) is 13.0. The molecule has 10 nitrogen and oxygen atoms in total. The largest absolute Gasteiger partial charge is 0.465 e. The summed E-state index contributed by atoms with van der Waals surface area (Å²) >= 11 is 0. The van der Waals surface area contributed by atoms with E-state index in [1.807, 2.05) is 0 Å². The highest BCUT2D eigenvalue weighted by Crippen LogP contribution is 2.30. The van der Waals surface area contributed by atoms with Gasteiger partial charge >= 0.3 is 12.0 Å². The standard InChI is InChI=1S/C17H25N5O5/c1-3-26-14(23)8-18-17(25)22-9-12(10-22)15-19-13(20-27-15)6-7-21(2)16(24)11-4-5-11/h11-12H,3-10H2,1-2H3,(H,18,25). The molecule has 148 valence electrons. The summed E-state index contributed by atoms with van der Waals surface area (Å²) in [6, 6.07) is -0.320. The molecule has 0 aromatic carbocycles. The third-order valence-electron chi connectivity index (χ3n) is 4.66. The van der Waals surface area contributed by atoms with Gasteiger partial charge in [-0.05, 0) is 19.8 Å². The summed E-state index contributed by atoms with van der Waals surface area (Å²) in [4.78, 5) is 42.7. The van der Waals surface area contributed by atoms with Crippen LogP contribution in [0.4, 0.5) is 4.79 Å². The van der Waals surface area contributed by atoms with Crippen LogP contribution in [0, 0.1) is 5.92 Å². The van der Waals surface area contributed by atoms with Gasteiger partial charge in [-0.3, -0.25) is 9.59 Å². The van der Waals surface area contributed by atoms with Gasteiger partial charge in [0.25, 0.3) is 0 Å². The number of likely N-dealkylation sites (tertiary alicyclic amines) is 1. The number of nitrogens with one attached hydrogen (secondary N) is 1. The normalized spacial score (nSPS) is 16.6. The van der Waals surface area contributed by atoms with Gasteiger partial charge in [-0.2, -0.15) is 4.98 Å². The zero-order valence-corrected chi connectivity index (χ0v) is 15.6. The lowest BCUT2D eigenvalue weighted by molar-refractivity contribution is -0.141. The van der Waals surface area contributed by atoms with Crippen molar-refractivity contribution in [2.24, 2.45) is 5.92 Å². The summed E-state index contributed by atoms with van der Waals surface area (Å²) in [5, 5.41) is 6.47. The van der Waals surface area contributed by atoms with E-state index in [9.17, 15) is 14.4 Å². The van der Waals surface area contributed by atoms with Crippen molar-refractivity contribution in [1.82, 2.24) is 25.3 Å². The molecule has 1 aliphatic carbocycles. The Bertz CT molecular complexity index is 696. The molecule has 3 amide bonds. The molecule has 0 spiro atoms. The van der Waals surface area contributed by atoms with Gasteiger partial charge in [0.15, 0.2) is 5.82 Å². The molecule has 1 saturated carbocycles. The number of ether oxygens (including phenoxy) is 1. The molecule has 0 radical (unpaired) electrons. The van der Waals surface area contributed by atoms with E-state index in [1.54, 1.807) is 23.8 Å². The van der Waals surface area contributed by atoms with Gasteiger partial charge in [0.05, 0.1) is 12.5 Å². The van der Waals surface area contributed by atoms with Gasteiger partial charge in [-0.1, -0.05) is 5.16 Å². The van der Waals surface area contributed by atoms with Crippen molar-refractivity contribution < 1.29 is 23.6 Å². The second kappa shape index (κ2) is 8.36. The number of esters is 1. The first-order valence-electron chi connectivity index (χ1n) is 9.23. The van der Waals surface area contributed by atoms with Crippen LogP contribution >= 0.6 is 0 Å². The van der Waals surface area contributed by atoms with E-state index in [4.69, 9.17) is 9.26 Å². The van der Waals surface area contributed by atoms with E-state index in [0.717, 1.165) is 12.8 Å². The number of nitrogens with zero attached hydrogens (tertiary/aromatic N) is 4. The van der Waals surface area contributed by atoms with Crippen LogP contribution in [0.15, 0.2) is 4.52 Å². The van der Waals surface area contributed by atoms with Crippen LogP contribution in [0.1, 0.15) is 37.4 Å². The Labute approximate surface area is 157 Å². The molecule has 27 heavy (non-hydrogen) atoms. The van der Waals surface area contributed by atoms with E-state index in [2.05, 4.69) is 15.5 Å². The first kappa shape index (κ1) is 19.1. The minimum absolute atomic E-state index is 0.00887. The summed E-state index contributed by atoms with van der Waals surface area (Å²) in [5.74, 6) is 0.968. The maximum absolute atomic E-state index is 11.9. The summed E-state index contributed by atoms with van der Waals surface area (Å²) in [5.41, 5.74) is 0. The Morgan fingerprint density at radius 2 is 2.07 bits per heavy atom. The second-order valence-corrected chi connectivity index (χ2v) is 6.90. The average molecular weight is 379 g/mol. The Morgan fingerprint density at radius 1 is 1.33 bits per heavy atom. The molecule has 2 heterocycles. The highest BCUT2D eigenvalue weighted by Gasteiger charge is 2.36. The number of likely N-dealkylation sites (N-methyl/N-ethyl adjacent to an activating group) is 1. The molecule has 1 aromatic rings. The predicted molar refractivity (Wildman–Crippen MR) is 92.7 cm³/mol. The van der Waals surface area contributed by atoms with Gasteiger partial charge in [0.2, 0.25) is 11.8 Å². The Kier molecular flexibility index (Phi) is 5.92. The molecule has 0 bridgehead atoms. The fourth-order valence-electron chi connectivity index (χ4n) is 2.83. The number of aromatic nitrogens is 2. The third-order valence-corrected chi connectivity index (χ3v) is 4.66. The number of carbonyl (C=O) groups is 3. The minimum atomic E-state index is -0.463. The summed E-state index contributed by atoms with van der Waals surface area (Å²) < 4.78 is 10.0. The molecular weight excluding hydrogens is 354 g/mol. The van der Waals surface area contributed by atoms with E-state index in [-0.39, 0.29) is 36.9 Å². The van der Waals surface area contributed by atoms with E-state index < -0.39 is 5.97 Å². The lowest BCUT2D eigenvalue weighted by Gasteiger charge is -2.36. The average Bonchev–Trinajstić information content (AvgIpc) is 3.36. The number of carbonyl (C=O) groups excluding carboxylic acids is 3. The Morgan fingerprint density at radius 3 is 2.74 bits per heavy atom. The fraction of sp³-hybridized carbons (Fsp3) is 0.706. The van der Waals surface area contributed by atoms with Gasteiger partial charge in [-0.25, -0.2) is 4.79 Å². The monoisotopic (exact) mass is 379 g/mol. The van der Waals surface area contributed by atoms with Crippen LogP contribution < -0.4 is 5.32 Å². The van der Waals surface area contributed by atoms with Crippen molar-refractivity contribution in [2.45, 2.75) is 32.1 Å². The summed E-state index contributed by atoms with van der Waals surface area (Å²) in [7, 11) is 1.79. The van der Waals surface area contributed by atoms with Crippen LogP contribution in [0.2, 0.25) is 0 Å². The maximum atomic E-state index is 11.9. The van der Waals surface area contributed by atoms with Crippen LogP contribution in [-0.2, 0) is 20.7 Å². The maximum Gasteiger partial charge on any atom is 0.325 e. The molecule has 2 aliphatic rings. The Balaban J connectivity index is 1.38. The SMILES string of the molecule is CCOC(=O)CNC(=O)N1CC(c2nc(CCN(C)C(=O)C3CC3)no2)C1. The molecule has 1 saturated heterocycles. The highest BCUT2D eigenvalue weighted by molar-refractivity contribution is 5.81. The van der Waals surface area contributed by atoms with E-state index >= 15 is 0 Å². The predicted octanol–water partition coefficient (Wildman–Crippen LogP) is 0.152. The number of urea groups is 1. The molecule has 0 unspecified atom stereocenters. The lowest BCUT2D eigenvalue weighted by Crippen LogP contribution is -2.53. The van der Waals surface area contributed by atoms with Crippen molar-refractivity contribution in [3.63, 3.8) is 0 Å². The van der Waals surface area contributed by atoms with Gasteiger partial charge < -0.3 is 24.4 Å². The minimum Gasteiger partial charge on any atom is -0.465 e. The van der Waals surface area contributed by atoms with Crippen molar-refractivity contribution in [3.05, 3.63) is 11.7 Å². The molecule has 3 rings (SSSR count). The van der Waals surface area contributed by atoms with Crippen molar-refractivity contribution in [3.8, 4) is 0 Å². The number of hydrogen-bond donors (Lipinski definition) is 1. The van der Waals surface area contributed by atoms with Crippen LogP contribution in [0.3, 0.4) is 0 Å². The quantitative estimate of drug-likeness (QED) is 0.639. The first-order valence-corrected chi connectivity index (χ1v) is 9.23. The molecular formula is C17H25N5O5. The summed E-state index contributed by atoms with van der Waals surface area (Å²) in [6.45, 7) is 3.31.